The van der Waals surface area contributed by atoms with E-state index in [0.717, 1.165) is 69.9 Å². The van der Waals surface area contributed by atoms with E-state index in [9.17, 15) is 18.4 Å². The molecule has 0 aliphatic heterocycles. The van der Waals surface area contributed by atoms with Gasteiger partial charge in [-0.15, -0.1) is 0 Å². The average Bonchev–Trinajstić information content (AvgIpc) is 3.30. The molecule has 0 saturated carbocycles. The molecule has 1 aliphatic rings. The van der Waals surface area contributed by atoms with Gasteiger partial charge in [-0.25, -0.2) is 4.99 Å². The van der Waals surface area contributed by atoms with E-state index in [1.807, 2.05) is 62.5 Å². The van der Waals surface area contributed by atoms with Gasteiger partial charge in [0, 0.05) is 35.6 Å². The molecule has 1 aromatic heterocycles. The number of fused-ring (bicyclic) bond motifs is 1. The molecule has 0 fully saturated rings. The summed E-state index contributed by atoms with van der Waals surface area (Å²) in [6, 6.07) is 19.9. The molecule has 0 amide bonds. The fourth-order valence-corrected chi connectivity index (χ4v) is 6.11. The molecule has 0 saturated heterocycles. The van der Waals surface area contributed by atoms with Crippen LogP contribution in [0, 0.1) is 18.8 Å². The van der Waals surface area contributed by atoms with Gasteiger partial charge >= 0.3 is 6.61 Å². The number of aromatic amines is 1. The molecular formula is C38H40F2N2O3. The van der Waals surface area contributed by atoms with Crippen LogP contribution in [-0.2, 0) is 4.79 Å². The second-order valence-corrected chi connectivity index (χ2v) is 12.3. The summed E-state index contributed by atoms with van der Waals surface area (Å²) in [5, 5.41) is 1.65. The zero-order valence-corrected chi connectivity index (χ0v) is 26.1. The number of H-pyrrole nitrogens is 1. The van der Waals surface area contributed by atoms with Crippen molar-refractivity contribution in [2.75, 3.05) is 0 Å². The van der Waals surface area contributed by atoms with E-state index in [4.69, 9.17) is 4.99 Å². The average molecular weight is 611 g/mol. The molecule has 0 spiro atoms. The summed E-state index contributed by atoms with van der Waals surface area (Å²) < 4.78 is 29.6. The second-order valence-electron chi connectivity index (χ2n) is 12.3. The first-order valence-electron chi connectivity index (χ1n) is 15.7. The van der Waals surface area contributed by atoms with Gasteiger partial charge in [0.15, 0.2) is 11.6 Å². The molecule has 234 valence electrons. The second kappa shape index (κ2) is 14.6. The number of nitrogens with one attached hydrogen (secondary N) is 1. The summed E-state index contributed by atoms with van der Waals surface area (Å²) in [6.07, 6.45) is 9.91. The van der Waals surface area contributed by atoms with Crippen LogP contribution in [0.3, 0.4) is 0 Å². The molecule has 1 aliphatic carbocycles. The van der Waals surface area contributed by atoms with Gasteiger partial charge in [0.25, 0.3) is 0 Å². The van der Waals surface area contributed by atoms with Crippen LogP contribution in [0.25, 0.3) is 22.0 Å². The van der Waals surface area contributed by atoms with E-state index in [-0.39, 0.29) is 23.2 Å². The number of nitrogens with zero attached hydrogens (tertiary/aromatic N) is 1. The number of alkyl halides is 2. The van der Waals surface area contributed by atoms with E-state index < -0.39 is 6.61 Å². The van der Waals surface area contributed by atoms with Crippen molar-refractivity contribution in [2.24, 2.45) is 16.8 Å². The summed E-state index contributed by atoms with van der Waals surface area (Å²) in [4.78, 5) is 34.5. The van der Waals surface area contributed by atoms with Crippen LogP contribution in [0.1, 0.15) is 74.7 Å². The van der Waals surface area contributed by atoms with Crippen molar-refractivity contribution < 1.29 is 23.1 Å². The van der Waals surface area contributed by atoms with Crippen molar-refractivity contribution in [3.63, 3.8) is 0 Å². The molecule has 4 aromatic rings. The predicted octanol–water partition coefficient (Wildman–Crippen LogP) is 9.67. The molecule has 5 nitrogen and oxygen atoms in total. The first-order valence-corrected chi connectivity index (χ1v) is 15.7. The Bertz CT molecular complexity index is 1770. The molecule has 5 rings (SSSR count). The molecular weight excluding hydrogens is 570 g/mol. The van der Waals surface area contributed by atoms with Crippen LogP contribution in [0.15, 0.2) is 89.6 Å². The number of allylic oxidation sites excluding steroid dienone is 2. The van der Waals surface area contributed by atoms with Gasteiger partial charge in [-0.1, -0.05) is 56.7 Å². The fraction of sp³-hybridized carbons (Fsp3) is 0.342. The molecule has 1 heterocycles. The number of carbonyl (C=O) groups is 2. The number of benzene rings is 2. The molecule has 0 radical (unpaired) electrons. The molecule has 2 unspecified atom stereocenters. The molecule has 7 heteroatoms. The van der Waals surface area contributed by atoms with Gasteiger partial charge in [0.2, 0.25) is 0 Å². The summed E-state index contributed by atoms with van der Waals surface area (Å²) >= 11 is 0. The van der Waals surface area contributed by atoms with Crippen molar-refractivity contribution in [3.8, 4) is 16.9 Å². The minimum absolute atomic E-state index is 0.0343. The van der Waals surface area contributed by atoms with Crippen LogP contribution in [0.2, 0.25) is 0 Å². The third kappa shape index (κ3) is 8.21. The number of hydrogen-bond acceptors (Lipinski definition) is 4. The Morgan fingerprint density at radius 3 is 2.51 bits per heavy atom. The highest BCUT2D eigenvalue weighted by Crippen LogP contribution is 2.30. The maximum absolute atomic E-state index is 13.3. The summed E-state index contributed by atoms with van der Waals surface area (Å²) in [5.74, 6) is 0.935. The normalized spacial score (nSPS) is 16.6. The van der Waals surface area contributed by atoms with Gasteiger partial charge in [0.05, 0.1) is 16.6 Å². The standard InChI is InChI=1S/C38H40F2N2O3/c1-24-8-4-5-9-28(13-12-24)35(43)20-25(2)21-36(44)31-19-16-29(22-26(31)3)42-34-11-7-6-10-32-33(23-41-37(32)34)27-14-17-30(18-15-27)45-38(39)40/h6-7,9-11,14-19,22-25,38,41H,4-5,8,12-13,20-21H2,1-3H3. The Morgan fingerprint density at radius 2 is 1.76 bits per heavy atom. The zero-order valence-electron chi connectivity index (χ0n) is 26.1. The molecule has 3 aromatic carbocycles. The van der Waals surface area contributed by atoms with E-state index in [1.165, 1.54) is 18.6 Å². The Kier molecular flexibility index (Phi) is 10.4. The van der Waals surface area contributed by atoms with Crippen molar-refractivity contribution in [1.82, 2.24) is 4.98 Å². The zero-order chi connectivity index (χ0) is 31.9. The minimum Gasteiger partial charge on any atom is -0.435 e. The largest absolute Gasteiger partial charge is 0.435 e. The van der Waals surface area contributed by atoms with Gasteiger partial charge < -0.3 is 9.72 Å². The molecule has 2 atom stereocenters. The topological polar surface area (TPSA) is 71.5 Å². The van der Waals surface area contributed by atoms with Gasteiger partial charge in [0.1, 0.15) is 5.75 Å². The minimum atomic E-state index is -2.87. The Morgan fingerprint density at radius 1 is 1.00 bits per heavy atom. The predicted molar refractivity (Wildman–Crippen MR) is 175 cm³/mol. The number of halogens is 2. The lowest BCUT2D eigenvalue weighted by molar-refractivity contribution is -0.116. The van der Waals surface area contributed by atoms with Gasteiger partial charge in [-0.2, -0.15) is 8.78 Å². The van der Waals surface area contributed by atoms with Crippen LogP contribution < -0.4 is 10.1 Å². The number of aryl methyl sites for hydroxylation is 1. The van der Waals surface area contributed by atoms with E-state index in [1.54, 1.807) is 12.1 Å². The molecule has 45 heavy (non-hydrogen) atoms. The number of rotatable bonds is 10. The van der Waals surface area contributed by atoms with E-state index >= 15 is 0 Å². The lowest BCUT2D eigenvalue weighted by Gasteiger charge is -2.17. The monoisotopic (exact) mass is 610 g/mol. The van der Waals surface area contributed by atoms with Crippen molar-refractivity contribution in [3.05, 3.63) is 101 Å². The van der Waals surface area contributed by atoms with Gasteiger partial charge in [-0.3, -0.25) is 9.59 Å². The van der Waals surface area contributed by atoms with Crippen molar-refractivity contribution >= 4 is 28.2 Å². The molecule has 0 bridgehead atoms. The smallest absolute Gasteiger partial charge is 0.387 e. The highest BCUT2D eigenvalue weighted by molar-refractivity contribution is 5.99. The van der Waals surface area contributed by atoms with E-state index in [2.05, 4.69) is 22.7 Å². The number of ether oxygens (including phenoxy) is 1. The summed E-state index contributed by atoms with van der Waals surface area (Å²) in [6.45, 7) is 3.28. The Balaban J connectivity index is 1.31. The lowest BCUT2D eigenvalue weighted by atomic mass is 9.87. The number of aromatic nitrogens is 1. The maximum atomic E-state index is 13.3. The van der Waals surface area contributed by atoms with Crippen molar-refractivity contribution in [1.29, 1.82) is 0 Å². The van der Waals surface area contributed by atoms with E-state index in [0.29, 0.717) is 24.3 Å². The maximum Gasteiger partial charge on any atom is 0.387 e. The highest BCUT2D eigenvalue weighted by atomic mass is 19.3. The number of carbonyl (C=O) groups excluding carboxylic acids is 2. The van der Waals surface area contributed by atoms with Crippen LogP contribution in [0.5, 0.6) is 5.75 Å². The number of hydrogen-bond donors (Lipinski definition) is 1. The highest BCUT2D eigenvalue weighted by Gasteiger charge is 2.20. The van der Waals surface area contributed by atoms with Crippen molar-refractivity contribution in [2.45, 2.75) is 72.3 Å². The third-order valence-corrected chi connectivity index (χ3v) is 8.58. The number of Topliss-reactive ketones (excluding diaryl/α,β-unsaturated/α-hetero) is 2. The first kappa shape index (κ1) is 32.0. The third-order valence-electron chi connectivity index (χ3n) is 8.58. The quantitative estimate of drug-likeness (QED) is 0.182. The number of ketones is 2. The lowest BCUT2D eigenvalue weighted by Crippen LogP contribution is -2.14. The first-order chi connectivity index (χ1) is 21.7. The SMILES string of the molecule is Cc1cc(N=c2ccccc3c(-c4ccc(OC(F)F)cc4)c[nH]c23)ccc1C(=O)CC(C)CC(=O)C1=CCCCC(C)CC1. The van der Waals surface area contributed by atoms with Gasteiger partial charge in [-0.05, 0) is 97.5 Å². The van der Waals surface area contributed by atoms with Crippen LogP contribution in [-0.4, -0.2) is 23.2 Å². The molecule has 1 N–H and O–H groups in total. The summed E-state index contributed by atoms with van der Waals surface area (Å²) in [5.41, 5.74) is 5.74. The van der Waals surface area contributed by atoms with Crippen LogP contribution in [0.4, 0.5) is 14.5 Å². The Hall–Kier alpha value is -4.39. The summed E-state index contributed by atoms with van der Waals surface area (Å²) in [7, 11) is 0. The Labute approximate surface area is 263 Å². The van der Waals surface area contributed by atoms with Crippen LogP contribution >= 0.6 is 0 Å². The fourth-order valence-electron chi connectivity index (χ4n) is 6.11.